The first kappa shape index (κ1) is 17.2. The summed E-state index contributed by atoms with van der Waals surface area (Å²) in [5.41, 5.74) is 3.00. The van der Waals surface area contributed by atoms with Crippen LogP contribution in [0.15, 0.2) is 54.6 Å². The number of carbonyl (C=O) groups is 2. The van der Waals surface area contributed by atoms with E-state index in [2.05, 4.69) is 0 Å². The molecule has 3 rings (SSSR count). The Hall–Kier alpha value is -2.66. The van der Waals surface area contributed by atoms with Crippen molar-refractivity contribution in [2.75, 3.05) is 24.6 Å². The number of aliphatic hydroxyl groups excluding tert-OH is 1. The predicted molar refractivity (Wildman–Crippen MR) is 96.3 cm³/mol. The van der Waals surface area contributed by atoms with Gasteiger partial charge in [0.15, 0.2) is 0 Å². The second kappa shape index (κ2) is 7.49. The molecular formula is C20H22N2O3. The van der Waals surface area contributed by atoms with E-state index in [0.717, 1.165) is 16.8 Å². The van der Waals surface area contributed by atoms with E-state index < -0.39 is 12.5 Å². The Morgan fingerprint density at radius 1 is 1.12 bits per heavy atom. The second-order valence-corrected chi connectivity index (χ2v) is 6.31. The molecular weight excluding hydrogens is 316 g/mol. The molecule has 130 valence electrons. The molecule has 25 heavy (non-hydrogen) atoms. The molecule has 0 aromatic heterocycles. The molecule has 1 atom stereocenters. The molecule has 1 saturated heterocycles. The van der Waals surface area contributed by atoms with Crippen LogP contribution in [0, 0.1) is 6.92 Å². The fourth-order valence-electron chi connectivity index (χ4n) is 3.31. The number of rotatable bonds is 4. The number of carbonyl (C=O) groups excluding carboxylic acids is 2. The number of hydrogen-bond acceptors (Lipinski definition) is 3. The Balaban J connectivity index is 1.89. The van der Waals surface area contributed by atoms with E-state index >= 15 is 0 Å². The molecule has 0 spiro atoms. The Morgan fingerprint density at radius 3 is 2.48 bits per heavy atom. The Labute approximate surface area is 147 Å². The number of nitrogens with zero attached hydrogens (tertiary/aromatic N) is 2. The molecule has 2 aromatic rings. The third-order valence-corrected chi connectivity index (χ3v) is 4.62. The van der Waals surface area contributed by atoms with E-state index in [0.29, 0.717) is 13.0 Å². The predicted octanol–water partition coefficient (Wildman–Crippen LogP) is 1.77. The molecule has 1 aliphatic rings. The lowest BCUT2D eigenvalue weighted by Gasteiger charge is -2.41. The molecule has 0 radical (unpaired) electrons. The normalized spacial score (nSPS) is 17.7. The minimum Gasteiger partial charge on any atom is -0.387 e. The molecule has 1 N–H and O–H groups in total. The molecule has 1 heterocycles. The summed E-state index contributed by atoms with van der Waals surface area (Å²) in [6.45, 7) is 1.80. The maximum Gasteiger partial charge on any atom is 0.249 e. The average molecular weight is 338 g/mol. The zero-order chi connectivity index (χ0) is 17.8. The van der Waals surface area contributed by atoms with Gasteiger partial charge in [-0.15, -0.1) is 0 Å². The lowest BCUT2D eigenvalue weighted by molar-refractivity contribution is -0.142. The number of anilines is 1. The zero-order valence-corrected chi connectivity index (χ0v) is 14.3. The van der Waals surface area contributed by atoms with Crippen LogP contribution in [0.1, 0.15) is 11.1 Å². The Bertz CT molecular complexity index is 761. The lowest BCUT2D eigenvalue weighted by Crippen LogP contribution is -2.59. The van der Waals surface area contributed by atoms with Crippen LogP contribution in [0.2, 0.25) is 0 Å². The average Bonchev–Trinajstić information content (AvgIpc) is 2.64. The van der Waals surface area contributed by atoms with Crippen LogP contribution >= 0.6 is 0 Å². The van der Waals surface area contributed by atoms with Crippen LogP contribution in [0.25, 0.3) is 0 Å². The van der Waals surface area contributed by atoms with Crippen LogP contribution in [0.4, 0.5) is 5.69 Å². The minimum absolute atomic E-state index is 0.00870. The van der Waals surface area contributed by atoms with Gasteiger partial charge in [0.2, 0.25) is 11.8 Å². The summed E-state index contributed by atoms with van der Waals surface area (Å²) in [5, 5.41) is 9.27. The van der Waals surface area contributed by atoms with Gasteiger partial charge >= 0.3 is 0 Å². The van der Waals surface area contributed by atoms with Gasteiger partial charge in [-0.2, -0.15) is 0 Å². The molecule has 5 nitrogen and oxygen atoms in total. The van der Waals surface area contributed by atoms with E-state index in [4.69, 9.17) is 0 Å². The minimum atomic E-state index is -0.580. The first-order valence-corrected chi connectivity index (χ1v) is 8.40. The van der Waals surface area contributed by atoms with Crippen molar-refractivity contribution >= 4 is 17.5 Å². The van der Waals surface area contributed by atoms with Crippen molar-refractivity contribution in [3.05, 3.63) is 65.7 Å². The lowest BCUT2D eigenvalue weighted by atomic mass is 10.0. The quantitative estimate of drug-likeness (QED) is 0.924. The second-order valence-electron chi connectivity index (χ2n) is 6.31. The van der Waals surface area contributed by atoms with Crippen molar-refractivity contribution in [1.29, 1.82) is 0 Å². The molecule has 0 aliphatic carbocycles. The van der Waals surface area contributed by atoms with Crippen LogP contribution < -0.4 is 4.90 Å². The van der Waals surface area contributed by atoms with Gasteiger partial charge in [0.05, 0.1) is 6.04 Å². The van der Waals surface area contributed by atoms with Crippen LogP contribution in [0.3, 0.4) is 0 Å². The highest BCUT2D eigenvalue weighted by atomic mass is 16.3. The van der Waals surface area contributed by atoms with E-state index in [1.54, 1.807) is 4.90 Å². The van der Waals surface area contributed by atoms with Gasteiger partial charge < -0.3 is 14.9 Å². The first-order valence-electron chi connectivity index (χ1n) is 8.40. The van der Waals surface area contributed by atoms with Gasteiger partial charge in [-0.25, -0.2) is 0 Å². The summed E-state index contributed by atoms with van der Waals surface area (Å²) < 4.78 is 0. The topological polar surface area (TPSA) is 60.9 Å². The van der Waals surface area contributed by atoms with E-state index in [1.807, 2.05) is 61.5 Å². The number of benzene rings is 2. The Kier molecular flexibility index (Phi) is 5.14. The third kappa shape index (κ3) is 3.72. The molecule has 0 saturated carbocycles. The third-order valence-electron chi connectivity index (χ3n) is 4.62. The highest BCUT2D eigenvalue weighted by Crippen LogP contribution is 2.25. The monoisotopic (exact) mass is 338 g/mol. The fourth-order valence-corrected chi connectivity index (χ4v) is 3.31. The van der Waals surface area contributed by atoms with Crippen molar-refractivity contribution in [1.82, 2.24) is 4.90 Å². The molecule has 2 amide bonds. The summed E-state index contributed by atoms with van der Waals surface area (Å²) in [6.07, 6.45) is 0.641. The molecule has 2 aromatic carbocycles. The summed E-state index contributed by atoms with van der Waals surface area (Å²) in [7, 11) is 0. The van der Waals surface area contributed by atoms with E-state index in [9.17, 15) is 14.7 Å². The summed E-state index contributed by atoms with van der Waals surface area (Å²) in [5.74, 6) is -0.529. The maximum absolute atomic E-state index is 12.6. The highest BCUT2D eigenvalue weighted by molar-refractivity contribution is 5.98. The zero-order valence-electron chi connectivity index (χ0n) is 14.3. The van der Waals surface area contributed by atoms with Crippen molar-refractivity contribution in [2.24, 2.45) is 0 Å². The van der Waals surface area contributed by atoms with Crippen LogP contribution in [-0.4, -0.2) is 47.6 Å². The van der Waals surface area contributed by atoms with E-state index in [-0.39, 0.29) is 18.5 Å². The largest absolute Gasteiger partial charge is 0.387 e. The molecule has 1 fully saturated rings. The number of aliphatic hydroxyl groups is 1. The van der Waals surface area contributed by atoms with Gasteiger partial charge in [-0.1, -0.05) is 48.5 Å². The number of piperazine rings is 1. The number of hydrogen-bond donors (Lipinski definition) is 1. The van der Waals surface area contributed by atoms with Gasteiger partial charge in [-0.05, 0) is 30.5 Å². The smallest absolute Gasteiger partial charge is 0.249 e. The van der Waals surface area contributed by atoms with Crippen molar-refractivity contribution in [3.8, 4) is 0 Å². The molecule has 5 heteroatoms. The maximum atomic E-state index is 12.6. The van der Waals surface area contributed by atoms with Gasteiger partial charge in [0.1, 0.15) is 13.2 Å². The summed E-state index contributed by atoms with van der Waals surface area (Å²) in [6, 6.07) is 17.5. The number of aryl methyl sites for hydroxylation is 1. The van der Waals surface area contributed by atoms with Crippen molar-refractivity contribution in [3.63, 3.8) is 0 Å². The van der Waals surface area contributed by atoms with Crippen molar-refractivity contribution in [2.45, 2.75) is 19.4 Å². The molecule has 0 unspecified atom stereocenters. The number of amides is 2. The summed E-state index contributed by atoms with van der Waals surface area (Å²) in [4.78, 5) is 28.0. The van der Waals surface area contributed by atoms with Gasteiger partial charge in [0.25, 0.3) is 0 Å². The molecule has 0 bridgehead atoms. The number of para-hydroxylation sites is 1. The fraction of sp³-hybridized carbons (Fsp3) is 0.300. The van der Waals surface area contributed by atoms with E-state index in [1.165, 1.54) is 4.90 Å². The standard InChI is InChI=1S/C20H22N2O3/c1-15-7-5-6-10-18(15)22-12-17(11-16-8-3-2-4-9-16)21(13-19(22)24)20(25)14-23/h2-10,17,23H,11-14H2,1H3/t17-/m0/s1. The SMILES string of the molecule is Cc1ccccc1N1C[C@H](Cc2ccccc2)N(C(=O)CO)CC1=O. The van der Waals surface area contributed by atoms with Crippen LogP contribution in [0.5, 0.6) is 0 Å². The Morgan fingerprint density at radius 2 is 1.80 bits per heavy atom. The van der Waals surface area contributed by atoms with Gasteiger partial charge in [0, 0.05) is 12.2 Å². The van der Waals surface area contributed by atoms with Crippen LogP contribution in [-0.2, 0) is 16.0 Å². The molecule has 1 aliphatic heterocycles. The van der Waals surface area contributed by atoms with Gasteiger partial charge in [-0.3, -0.25) is 9.59 Å². The first-order chi connectivity index (χ1) is 12.1. The highest BCUT2D eigenvalue weighted by Gasteiger charge is 2.35. The van der Waals surface area contributed by atoms with Crippen molar-refractivity contribution < 1.29 is 14.7 Å². The summed E-state index contributed by atoms with van der Waals surface area (Å²) >= 11 is 0.